The molecule has 0 aliphatic rings. The second-order valence-corrected chi connectivity index (χ2v) is 10.0. The zero-order valence-corrected chi connectivity index (χ0v) is 23.0. The van der Waals surface area contributed by atoms with E-state index in [1.807, 2.05) is 61.5 Å². The van der Waals surface area contributed by atoms with Crippen LogP contribution in [0.5, 0.6) is 5.75 Å². The van der Waals surface area contributed by atoms with E-state index in [1.165, 1.54) is 0 Å². The second-order valence-electron chi connectivity index (χ2n) is 8.70. The van der Waals surface area contributed by atoms with Crippen LogP contribution in [0.4, 0.5) is 0 Å². The SMILES string of the molecule is CCCCNC(=O)[C@@H](Cc1ccccc1)N(Cc1ccc(Br)cc1)C(=O)COc1ccc(Cl)c(C)c1. The summed E-state index contributed by atoms with van der Waals surface area (Å²) >= 11 is 9.58. The summed E-state index contributed by atoms with van der Waals surface area (Å²) in [6, 6.07) is 22.1. The summed E-state index contributed by atoms with van der Waals surface area (Å²) in [6.45, 7) is 4.63. The predicted molar refractivity (Wildman–Crippen MR) is 148 cm³/mol. The van der Waals surface area contributed by atoms with Crippen LogP contribution in [-0.2, 0) is 22.6 Å². The fourth-order valence-electron chi connectivity index (χ4n) is 3.78. The van der Waals surface area contributed by atoms with Crippen molar-refractivity contribution >= 4 is 39.3 Å². The van der Waals surface area contributed by atoms with Gasteiger partial charge in [0.05, 0.1) is 0 Å². The number of carbonyl (C=O) groups is 2. The Hall–Kier alpha value is -2.83. The van der Waals surface area contributed by atoms with Crippen molar-refractivity contribution in [1.29, 1.82) is 0 Å². The first kappa shape index (κ1) is 27.8. The number of carbonyl (C=O) groups excluding carboxylic acids is 2. The smallest absolute Gasteiger partial charge is 0.261 e. The quantitative estimate of drug-likeness (QED) is 0.258. The zero-order valence-electron chi connectivity index (χ0n) is 20.7. The molecule has 0 fully saturated rings. The van der Waals surface area contributed by atoms with Crippen molar-refractivity contribution in [2.45, 2.75) is 45.7 Å². The summed E-state index contributed by atoms with van der Waals surface area (Å²) in [5.41, 5.74) is 2.77. The number of hydrogen-bond acceptors (Lipinski definition) is 3. The Bertz CT molecular complexity index is 1140. The molecule has 1 N–H and O–H groups in total. The molecule has 7 heteroatoms. The van der Waals surface area contributed by atoms with E-state index in [4.69, 9.17) is 16.3 Å². The van der Waals surface area contributed by atoms with Crippen molar-refractivity contribution < 1.29 is 14.3 Å². The van der Waals surface area contributed by atoms with Gasteiger partial charge in [0.2, 0.25) is 5.91 Å². The molecule has 0 aliphatic heterocycles. The third kappa shape index (κ3) is 8.38. The molecular weight excluding hydrogens is 540 g/mol. The molecule has 0 unspecified atom stereocenters. The lowest BCUT2D eigenvalue weighted by molar-refractivity contribution is -0.142. The minimum absolute atomic E-state index is 0.167. The lowest BCUT2D eigenvalue weighted by Gasteiger charge is -2.31. The lowest BCUT2D eigenvalue weighted by Crippen LogP contribution is -2.51. The van der Waals surface area contributed by atoms with Gasteiger partial charge < -0.3 is 15.0 Å². The minimum Gasteiger partial charge on any atom is -0.484 e. The molecule has 0 aliphatic carbocycles. The van der Waals surface area contributed by atoms with E-state index in [0.717, 1.165) is 34.0 Å². The van der Waals surface area contributed by atoms with E-state index in [2.05, 4.69) is 28.2 Å². The molecule has 3 rings (SSSR count). The van der Waals surface area contributed by atoms with Crippen molar-refractivity contribution in [2.75, 3.05) is 13.2 Å². The molecule has 190 valence electrons. The first-order chi connectivity index (χ1) is 17.4. The largest absolute Gasteiger partial charge is 0.484 e. The summed E-state index contributed by atoms with van der Waals surface area (Å²) < 4.78 is 6.78. The number of nitrogens with one attached hydrogen (secondary N) is 1. The number of ether oxygens (including phenoxy) is 1. The van der Waals surface area contributed by atoms with Crippen LogP contribution in [0.1, 0.15) is 36.5 Å². The van der Waals surface area contributed by atoms with Crippen LogP contribution in [0.3, 0.4) is 0 Å². The van der Waals surface area contributed by atoms with Gasteiger partial charge in [-0.2, -0.15) is 0 Å². The number of nitrogens with zero attached hydrogens (tertiary/aromatic N) is 1. The van der Waals surface area contributed by atoms with Crippen molar-refractivity contribution in [3.63, 3.8) is 0 Å². The topological polar surface area (TPSA) is 58.6 Å². The Kier molecular flexibility index (Phi) is 10.8. The molecule has 2 amide bonds. The number of aryl methyl sites for hydroxylation is 1. The van der Waals surface area contributed by atoms with Crippen LogP contribution in [0.25, 0.3) is 0 Å². The highest BCUT2D eigenvalue weighted by atomic mass is 79.9. The third-order valence-electron chi connectivity index (χ3n) is 5.86. The summed E-state index contributed by atoms with van der Waals surface area (Å²) in [5, 5.41) is 3.66. The van der Waals surface area contributed by atoms with Gasteiger partial charge in [-0.15, -0.1) is 0 Å². The van der Waals surface area contributed by atoms with Crippen LogP contribution >= 0.6 is 27.5 Å². The Labute approximate surface area is 226 Å². The van der Waals surface area contributed by atoms with Gasteiger partial charge in [0, 0.05) is 29.0 Å². The third-order valence-corrected chi connectivity index (χ3v) is 6.81. The van der Waals surface area contributed by atoms with E-state index < -0.39 is 6.04 Å². The molecule has 36 heavy (non-hydrogen) atoms. The fraction of sp³-hybridized carbons (Fsp3) is 0.310. The fourth-order valence-corrected chi connectivity index (χ4v) is 4.16. The molecule has 0 spiro atoms. The van der Waals surface area contributed by atoms with Gasteiger partial charge >= 0.3 is 0 Å². The lowest BCUT2D eigenvalue weighted by atomic mass is 10.0. The molecule has 3 aromatic rings. The van der Waals surface area contributed by atoms with Crippen molar-refractivity contribution in [3.05, 3.63) is 99.0 Å². The van der Waals surface area contributed by atoms with E-state index in [0.29, 0.717) is 23.7 Å². The molecule has 0 saturated carbocycles. The molecular formula is C29H32BrClN2O3. The Morgan fingerprint density at radius 1 is 1.03 bits per heavy atom. The van der Waals surface area contributed by atoms with Crippen LogP contribution < -0.4 is 10.1 Å². The van der Waals surface area contributed by atoms with E-state index in [9.17, 15) is 9.59 Å². The second kappa shape index (κ2) is 14.0. The highest BCUT2D eigenvalue weighted by molar-refractivity contribution is 9.10. The molecule has 5 nitrogen and oxygen atoms in total. The average molecular weight is 572 g/mol. The van der Waals surface area contributed by atoms with E-state index >= 15 is 0 Å². The van der Waals surface area contributed by atoms with Gasteiger partial charge in [0.15, 0.2) is 6.61 Å². The highest BCUT2D eigenvalue weighted by Gasteiger charge is 2.30. The molecule has 0 heterocycles. The molecule has 0 saturated heterocycles. The summed E-state index contributed by atoms with van der Waals surface area (Å²) in [4.78, 5) is 28.6. The van der Waals surface area contributed by atoms with Crippen molar-refractivity contribution in [3.8, 4) is 5.75 Å². The minimum atomic E-state index is -0.684. The van der Waals surface area contributed by atoms with Gasteiger partial charge in [-0.05, 0) is 60.4 Å². The van der Waals surface area contributed by atoms with Gasteiger partial charge in [-0.25, -0.2) is 0 Å². The standard InChI is InChI=1S/C29H32BrClN2O3/c1-3-4-16-32-29(35)27(18-22-8-6-5-7-9-22)33(19-23-10-12-24(30)13-11-23)28(34)20-36-25-14-15-26(31)21(2)17-25/h5-15,17,27H,3-4,16,18-20H2,1-2H3,(H,32,35)/t27-/m1/s1. The Morgan fingerprint density at radius 3 is 2.42 bits per heavy atom. The number of unbranched alkanes of at least 4 members (excludes halogenated alkanes) is 1. The van der Waals surface area contributed by atoms with Crippen LogP contribution in [0.2, 0.25) is 5.02 Å². The monoisotopic (exact) mass is 570 g/mol. The summed E-state index contributed by atoms with van der Waals surface area (Å²) in [7, 11) is 0. The van der Waals surface area contributed by atoms with Gasteiger partial charge in [0.1, 0.15) is 11.8 Å². The molecule has 1 atom stereocenters. The van der Waals surface area contributed by atoms with E-state index in [1.54, 1.807) is 23.1 Å². The maximum absolute atomic E-state index is 13.6. The van der Waals surface area contributed by atoms with E-state index in [-0.39, 0.29) is 25.0 Å². The number of amides is 2. The average Bonchev–Trinajstić information content (AvgIpc) is 2.88. The Balaban J connectivity index is 1.88. The molecule has 0 bridgehead atoms. The Morgan fingerprint density at radius 2 is 1.75 bits per heavy atom. The van der Waals surface area contributed by atoms with Crippen molar-refractivity contribution in [2.24, 2.45) is 0 Å². The first-order valence-corrected chi connectivity index (χ1v) is 13.3. The maximum atomic E-state index is 13.6. The van der Waals surface area contributed by atoms with Crippen LogP contribution in [-0.4, -0.2) is 35.9 Å². The maximum Gasteiger partial charge on any atom is 0.261 e. The highest BCUT2D eigenvalue weighted by Crippen LogP contribution is 2.22. The number of benzene rings is 3. The van der Waals surface area contributed by atoms with Gasteiger partial charge in [-0.1, -0.05) is 83.3 Å². The summed E-state index contributed by atoms with van der Waals surface area (Å²) in [6.07, 6.45) is 2.25. The number of hydrogen-bond donors (Lipinski definition) is 1. The van der Waals surface area contributed by atoms with Crippen LogP contribution in [0.15, 0.2) is 77.3 Å². The predicted octanol–water partition coefficient (Wildman–Crippen LogP) is 6.35. The summed E-state index contributed by atoms with van der Waals surface area (Å²) in [5.74, 6) is 0.123. The van der Waals surface area contributed by atoms with Gasteiger partial charge in [-0.3, -0.25) is 9.59 Å². The van der Waals surface area contributed by atoms with Crippen molar-refractivity contribution in [1.82, 2.24) is 10.2 Å². The zero-order chi connectivity index (χ0) is 25.9. The normalized spacial score (nSPS) is 11.6. The van der Waals surface area contributed by atoms with Crippen LogP contribution in [0, 0.1) is 6.92 Å². The molecule has 0 radical (unpaired) electrons. The van der Waals surface area contributed by atoms with Gasteiger partial charge in [0.25, 0.3) is 5.91 Å². The first-order valence-electron chi connectivity index (χ1n) is 12.1. The molecule has 3 aromatic carbocycles. The number of halogens is 2. The molecule has 0 aromatic heterocycles. The number of rotatable bonds is 12.